The summed E-state index contributed by atoms with van der Waals surface area (Å²) in [7, 11) is 0. The fourth-order valence-corrected chi connectivity index (χ4v) is 3.36. The molecule has 0 unspecified atom stereocenters. The molecule has 1 saturated carbocycles. The molecule has 2 aliphatic rings. The lowest BCUT2D eigenvalue weighted by atomic mass is 9.64. The number of likely N-dealkylation sites (tertiary alicyclic amines) is 1. The van der Waals surface area contributed by atoms with Crippen molar-refractivity contribution in [3.63, 3.8) is 0 Å². The smallest absolute Gasteiger partial charge is 0.0666 e. The summed E-state index contributed by atoms with van der Waals surface area (Å²) in [5.41, 5.74) is 0.985. The largest absolute Gasteiger partial charge is 0.390 e. The molecule has 0 aromatic heterocycles. The molecule has 2 heteroatoms. The summed E-state index contributed by atoms with van der Waals surface area (Å²) in [6, 6.07) is 10.6. The number of benzene rings is 1. The van der Waals surface area contributed by atoms with Crippen molar-refractivity contribution in [2.45, 2.75) is 25.5 Å². The maximum atomic E-state index is 10.0. The first-order chi connectivity index (χ1) is 7.65. The summed E-state index contributed by atoms with van der Waals surface area (Å²) in [5.74, 6) is 1.25. The van der Waals surface area contributed by atoms with Crippen LogP contribution in [-0.2, 0) is 6.54 Å². The first kappa shape index (κ1) is 10.3. The fourth-order valence-electron chi connectivity index (χ4n) is 3.36. The van der Waals surface area contributed by atoms with Crippen LogP contribution in [0.4, 0.5) is 0 Å². The van der Waals surface area contributed by atoms with Crippen molar-refractivity contribution in [2.75, 3.05) is 13.1 Å². The van der Waals surface area contributed by atoms with E-state index in [1.54, 1.807) is 0 Å². The third-order valence-electron chi connectivity index (χ3n) is 4.24. The second-order valence-electron chi connectivity index (χ2n) is 5.61. The van der Waals surface area contributed by atoms with E-state index >= 15 is 0 Å². The molecule has 0 amide bonds. The van der Waals surface area contributed by atoms with Gasteiger partial charge in [0.15, 0.2) is 0 Å². The van der Waals surface area contributed by atoms with Crippen molar-refractivity contribution >= 4 is 0 Å². The molecule has 1 aromatic rings. The van der Waals surface area contributed by atoms with Crippen molar-refractivity contribution in [1.29, 1.82) is 0 Å². The molecule has 16 heavy (non-hydrogen) atoms. The second kappa shape index (κ2) is 3.57. The van der Waals surface area contributed by atoms with E-state index in [0.717, 1.165) is 32.0 Å². The van der Waals surface area contributed by atoms with Crippen molar-refractivity contribution < 1.29 is 5.11 Å². The molecule has 0 spiro atoms. The number of nitrogens with zero attached hydrogens (tertiary/aromatic N) is 1. The van der Waals surface area contributed by atoms with Crippen LogP contribution < -0.4 is 0 Å². The van der Waals surface area contributed by atoms with E-state index in [0.29, 0.717) is 5.92 Å². The van der Waals surface area contributed by atoms with E-state index in [1.807, 2.05) is 6.92 Å². The average Bonchev–Trinajstić information content (AvgIpc) is 2.59. The number of rotatable bonds is 2. The highest BCUT2D eigenvalue weighted by molar-refractivity contribution is 5.15. The van der Waals surface area contributed by atoms with Gasteiger partial charge in [-0.3, -0.25) is 4.90 Å². The number of hydrogen-bond donors (Lipinski definition) is 1. The Labute approximate surface area is 96.9 Å². The Morgan fingerprint density at radius 1 is 1.31 bits per heavy atom. The van der Waals surface area contributed by atoms with E-state index in [4.69, 9.17) is 0 Å². The normalized spacial score (nSPS) is 38.1. The van der Waals surface area contributed by atoms with Gasteiger partial charge < -0.3 is 5.11 Å². The zero-order valence-corrected chi connectivity index (χ0v) is 9.76. The lowest BCUT2D eigenvalue weighted by Gasteiger charge is -2.45. The molecule has 2 nitrogen and oxygen atoms in total. The van der Waals surface area contributed by atoms with Crippen molar-refractivity contribution in [1.82, 2.24) is 4.90 Å². The molecule has 0 bridgehead atoms. The quantitative estimate of drug-likeness (QED) is 0.817. The summed E-state index contributed by atoms with van der Waals surface area (Å²) in [5, 5.41) is 10.0. The molecule has 1 aliphatic carbocycles. The van der Waals surface area contributed by atoms with Crippen LogP contribution in [0, 0.1) is 11.8 Å². The van der Waals surface area contributed by atoms with Crippen LogP contribution in [0.3, 0.4) is 0 Å². The summed E-state index contributed by atoms with van der Waals surface area (Å²) in [4.78, 5) is 2.48. The standard InChI is InChI=1S/C14H19NO/c1-14(16)7-12-9-15(10-13(12)14)8-11-5-3-2-4-6-11/h2-6,12-13,16H,7-10H2,1H3/t12-,13+,14+/m0/s1. The minimum atomic E-state index is -0.393. The Bertz CT molecular complexity index is 374. The molecule has 0 radical (unpaired) electrons. The lowest BCUT2D eigenvalue weighted by molar-refractivity contribution is -0.101. The van der Waals surface area contributed by atoms with Gasteiger partial charge in [0.1, 0.15) is 0 Å². The first-order valence-electron chi connectivity index (χ1n) is 6.14. The first-order valence-corrected chi connectivity index (χ1v) is 6.14. The maximum absolute atomic E-state index is 10.0. The molecule has 3 rings (SSSR count). The minimum Gasteiger partial charge on any atom is -0.390 e. The Hall–Kier alpha value is -0.860. The summed E-state index contributed by atoms with van der Waals surface area (Å²) in [6.45, 7) is 5.24. The van der Waals surface area contributed by atoms with E-state index in [9.17, 15) is 5.11 Å². The monoisotopic (exact) mass is 217 g/mol. The van der Waals surface area contributed by atoms with Gasteiger partial charge in [-0.2, -0.15) is 0 Å². The molecule has 1 N–H and O–H groups in total. The van der Waals surface area contributed by atoms with Crippen LogP contribution in [0.25, 0.3) is 0 Å². The Morgan fingerprint density at radius 2 is 2.06 bits per heavy atom. The van der Waals surface area contributed by atoms with Crippen LogP contribution in [0.2, 0.25) is 0 Å². The van der Waals surface area contributed by atoms with Gasteiger partial charge in [-0.25, -0.2) is 0 Å². The molecule has 2 fully saturated rings. The number of fused-ring (bicyclic) bond motifs is 1. The SMILES string of the molecule is C[C@@]1(O)C[C@H]2CN(Cc3ccccc3)C[C@H]21. The molecule has 86 valence electrons. The molecular formula is C14H19NO. The van der Waals surface area contributed by atoms with E-state index in [2.05, 4.69) is 35.2 Å². The molecule has 1 aromatic carbocycles. The molecule has 1 aliphatic heterocycles. The summed E-state index contributed by atoms with van der Waals surface area (Å²) in [6.07, 6.45) is 0.989. The van der Waals surface area contributed by atoms with Crippen LogP contribution in [-0.4, -0.2) is 28.7 Å². The highest BCUT2D eigenvalue weighted by Gasteiger charge is 2.53. The molecular weight excluding hydrogens is 198 g/mol. The molecule has 1 saturated heterocycles. The van der Waals surface area contributed by atoms with Crippen LogP contribution in [0.1, 0.15) is 18.9 Å². The zero-order valence-electron chi connectivity index (χ0n) is 9.76. The lowest BCUT2D eigenvalue weighted by Crippen LogP contribution is -2.51. The predicted molar refractivity (Wildman–Crippen MR) is 63.9 cm³/mol. The maximum Gasteiger partial charge on any atom is 0.0666 e. The Kier molecular flexibility index (Phi) is 2.30. The second-order valence-corrected chi connectivity index (χ2v) is 5.61. The average molecular weight is 217 g/mol. The van der Waals surface area contributed by atoms with Gasteiger partial charge in [0.05, 0.1) is 5.60 Å². The highest BCUT2D eigenvalue weighted by Crippen LogP contribution is 2.48. The highest BCUT2D eigenvalue weighted by atomic mass is 16.3. The van der Waals surface area contributed by atoms with Gasteiger partial charge in [0.2, 0.25) is 0 Å². The topological polar surface area (TPSA) is 23.5 Å². The van der Waals surface area contributed by atoms with Crippen molar-refractivity contribution in [3.05, 3.63) is 35.9 Å². The zero-order chi connectivity index (χ0) is 11.2. The molecule has 3 atom stereocenters. The van der Waals surface area contributed by atoms with Crippen LogP contribution >= 0.6 is 0 Å². The van der Waals surface area contributed by atoms with E-state index < -0.39 is 5.60 Å². The van der Waals surface area contributed by atoms with Crippen LogP contribution in [0.5, 0.6) is 0 Å². The van der Waals surface area contributed by atoms with Crippen LogP contribution in [0.15, 0.2) is 30.3 Å². The Morgan fingerprint density at radius 3 is 2.69 bits per heavy atom. The minimum absolute atomic E-state index is 0.393. The van der Waals surface area contributed by atoms with E-state index in [-0.39, 0.29) is 0 Å². The predicted octanol–water partition coefficient (Wildman–Crippen LogP) is 1.89. The molecule has 1 heterocycles. The van der Waals surface area contributed by atoms with Gasteiger partial charge in [0, 0.05) is 25.6 Å². The summed E-state index contributed by atoms with van der Waals surface area (Å²) >= 11 is 0. The van der Waals surface area contributed by atoms with Gasteiger partial charge in [-0.15, -0.1) is 0 Å². The van der Waals surface area contributed by atoms with Crippen molar-refractivity contribution in [3.8, 4) is 0 Å². The number of aliphatic hydroxyl groups is 1. The van der Waals surface area contributed by atoms with Gasteiger partial charge in [-0.1, -0.05) is 30.3 Å². The number of hydrogen-bond acceptors (Lipinski definition) is 2. The van der Waals surface area contributed by atoms with Gasteiger partial charge in [-0.05, 0) is 24.8 Å². The van der Waals surface area contributed by atoms with Crippen molar-refractivity contribution in [2.24, 2.45) is 11.8 Å². The third-order valence-corrected chi connectivity index (χ3v) is 4.24. The van der Waals surface area contributed by atoms with Gasteiger partial charge >= 0.3 is 0 Å². The summed E-state index contributed by atoms with van der Waals surface area (Å²) < 4.78 is 0. The Balaban J connectivity index is 1.63. The van der Waals surface area contributed by atoms with E-state index in [1.165, 1.54) is 5.56 Å². The fraction of sp³-hybridized carbons (Fsp3) is 0.571. The third kappa shape index (κ3) is 1.66. The van der Waals surface area contributed by atoms with Gasteiger partial charge in [0.25, 0.3) is 0 Å².